The molecule has 17 heavy (non-hydrogen) atoms. The molecule has 0 spiro atoms. The highest BCUT2D eigenvalue weighted by atomic mass is 16.6. The van der Waals surface area contributed by atoms with Crippen molar-refractivity contribution in [3.63, 3.8) is 0 Å². The Morgan fingerprint density at radius 2 is 2.12 bits per heavy atom. The number of carbonyl (C=O) groups is 2. The Morgan fingerprint density at radius 1 is 1.47 bits per heavy atom. The highest BCUT2D eigenvalue weighted by Gasteiger charge is 2.32. The second-order valence-electron chi connectivity index (χ2n) is 5.61. The maximum atomic E-state index is 12.0. The lowest BCUT2D eigenvalue weighted by atomic mass is 9.98. The van der Waals surface area contributed by atoms with E-state index in [0.717, 1.165) is 12.8 Å². The highest BCUT2D eigenvalue weighted by Crippen LogP contribution is 2.21. The van der Waals surface area contributed by atoms with Crippen LogP contribution in [0.5, 0.6) is 0 Å². The Morgan fingerprint density at radius 3 is 2.65 bits per heavy atom. The van der Waals surface area contributed by atoms with E-state index in [1.165, 1.54) is 0 Å². The van der Waals surface area contributed by atoms with Gasteiger partial charge in [0.15, 0.2) is 0 Å². The lowest BCUT2D eigenvalue weighted by molar-refractivity contribution is -0.123. The van der Waals surface area contributed by atoms with Gasteiger partial charge in [0.2, 0.25) is 0 Å². The van der Waals surface area contributed by atoms with Gasteiger partial charge in [-0.2, -0.15) is 0 Å². The van der Waals surface area contributed by atoms with Gasteiger partial charge in [-0.25, -0.2) is 4.79 Å². The van der Waals surface area contributed by atoms with Crippen molar-refractivity contribution in [3.8, 4) is 0 Å². The molecule has 0 aliphatic carbocycles. The highest BCUT2D eigenvalue weighted by molar-refractivity contribution is 5.82. The molecule has 1 aliphatic rings. The summed E-state index contributed by atoms with van der Waals surface area (Å²) in [6.07, 6.45) is 2.48. The van der Waals surface area contributed by atoms with Crippen molar-refractivity contribution in [1.29, 1.82) is 0 Å². The Bertz CT molecular complexity index is 294. The van der Waals surface area contributed by atoms with Crippen molar-refractivity contribution in [2.45, 2.75) is 65.0 Å². The Labute approximate surface area is 103 Å². The number of amides is 1. The largest absolute Gasteiger partial charge is 0.444 e. The first-order valence-electron chi connectivity index (χ1n) is 6.35. The van der Waals surface area contributed by atoms with Crippen LogP contribution in [-0.2, 0) is 9.53 Å². The third-order valence-electron chi connectivity index (χ3n) is 2.79. The number of ether oxygens (including phenoxy) is 1. The van der Waals surface area contributed by atoms with E-state index in [1.807, 2.05) is 20.8 Å². The molecule has 1 atom stereocenters. The van der Waals surface area contributed by atoms with E-state index in [4.69, 9.17) is 4.74 Å². The molecule has 1 rings (SSSR count). The minimum atomic E-state index is -0.477. The SMILES string of the molecule is CCC[C@@H]1CC(=O)CCN1C(=O)OC(C)(C)C. The van der Waals surface area contributed by atoms with Crippen molar-refractivity contribution >= 4 is 11.9 Å². The minimum absolute atomic E-state index is 0.0242. The van der Waals surface area contributed by atoms with E-state index in [-0.39, 0.29) is 17.9 Å². The van der Waals surface area contributed by atoms with Crippen LogP contribution in [0.4, 0.5) is 4.79 Å². The number of carbonyl (C=O) groups excluding carboxylic acids is 2. The van der Waals surface area contributed by atoms with Gasteiger partial charge in [-0.15, -0.1) is 0 Å². The molecule has 1 aliphatic heterocycles. The summed E-state index contributed by atoms with van der Waals surface area (Å²) in [5.41, 5.74) is -0.477. The van der Waals surface area contributed by atoms with E-state index < -0.39 is 5.60 Å². The number of hydrogen-bond donors (Lipinski definition) is 0. The first-order valence-corrected chi connectivity index (χ1v) is 6.35. The first-order chi connectivity index (χ1) is 7.83. The number of likely N-dealkylation sites (tertiary alicyclic amines) is 1. The number of Topliss-reactive ketones (excluding diaryl/α,β-unsaturated/α-hetero) is 1. The second-order valence-corrected chi connectivity index (χ2v) is 5.61. The van der Waals surface area contributed by atoms with E-state index in [9.17, 15) is 9.59 Å². The number of rotatable bonds is 2. The lowest BCUT2D eigenvalue weighted by Crippen LogP contribution is -2.48. The summed E-state index contributed by atoms with van der Waals surface area (Å²) >= 11 is 0. The van der Waals surface area contributed by atoms with Crippen LogP contribution in [-0.4, -0.2) is 35.0 Å². The summed E-state index contributed by atoms with van der Waals surface area (Å²) < 4.78 is 5.36. The normalized spacial score (nSPS) is 21.5. The number of hydrogen-bond acceptors (Lipinski definition) is 3. The topological polar surface area (TPSA) is 46.6 Å². The lowest BCUT2D eigenvalue weighted by Gasteiger charge is -2.36. The van der Waals surface area contributed by atoms with E-state index in [2.05, 4.69) is 6.92 Å². The van der Waals surface area contributed by atoms with Crippen molar-refractivity contribution in [1.82, 2.24) is 4.90 Å². The molecule has 0 bridgehead atoms. The fraction of sp³-hybridized carbons (Fsp3) is 0.846. The van der Waals surface area contributed by atoms with Gasteiger partial charge >= 0.3 is 6.09 Å². The van der Waals surface area contributed by atoms with Crippen LogP contribution < -0.4 is 0 Å². The molecule has 1 amide bonds. The number of piperidine rings is 1. The van der Waals surface area contributed by atoms with Gasteiger partial charge in [0.25, 0.3) is 0 Å². The molecule has 98 valence electrons. The zero-order chi connectivity index (χ0) is 13.1. The molecule has 1 fully saturated rings. The summed E-state index contributed by atoms with van der Waals surface area (Å²) in [4.78, 5) is 25.1. The monoisotopic (exact) mass is 241 g/mol. The summed E-state index contributed by atoms with van der Waals surface area (Å²) in [7, 11) is 0. The predicted octanol–water partition coefficient (Wildman–Crippen LogP) is 2.76. The quantitative estimate of drug-likeness (QED) is 0.746. The van der Waals surface area contributed by atoms with Crippen molar-refractivity contribution in [2.24, 2.45) is 0 Å². The third-order valence-corrected chi connectivity index (χ3v) is 2.79. The standard InChI is InChI=1S/C13H23NO3/c1-5-6-10-9-11(15)7-8-14(10)12(16)17-13(2,3)4/h10H,5-9H2,1-4H3/t10-/m1/s1. The number of nitrogens with zero attached hydrogens (tertiary/aromatic N) is 1. The summed E-state index contributed by atoms with van der Waals surface area (Å²) in [6.45, 7) is 8.13. The molecule has 1 saturated heterocycles. The summed E-state index contributed by atoms with van der Waals surface area (Å²) in [6, 6.07) is 0.0242. The van der Waals surface area contributed by atoms with Crippen molar-refractivity contribution < 1.29 is 14.3 Å². The predicted molar refractivity (Wildman–Crippen MR) is 65.9 cm³/mol. The van der Waals surface area contributed by atoms with Crippen molar-refractivity contribution in [3.05, 3.63) is 0 Å². The molecule has 0 unspecified atom stereocenters. The van der Waals surface area contributed by atoms with Gasteiger partial charge < -0.3 is 9.64 Å². The molecule has 0 aromatic rings. The van der Waals surface area contributed by atoms with E-state index >= 15 is 0 Å². The van der Waals surface area contributed by atoms with Crippen molar-refractivity contribution in [2.75, 3.05) is 6.54 Å². The maximum Gasteiger partial charge on any atom is 0.410 e. The molecule has 0 saturated carbocycles. The molecule has 0 N–H and O–H groups in total. The Balaban J connectivity index is 2.66. The van der Waals surface area contributed by atoms with E-state index in [1.54, 1.807) is 4.90 Å². The van der Waals surface area contributed by atoms with Gasteiger partial charge in [-0.1, -0.05) is 13.3 Å². The average molecular weight is 241 g/mol. The van der Waals surface area contributed by atoms with Crippen LogP contribution in [0.1, 0.15) is 53.4 Å². The van der Waals surface area contributed by atoms with Gasteiger partial charge in [0.1, 0.15) is 11.4 Å². The van der Waals surface area contributed by atoms with Crippen LogP contribution in [0.3, 0.4) is 0 Å². The maximum absolute atomic E-state index is 12.0. The van der Waals surface area contributed by atoms with Gasteiger partial charge in [0.05, 0.1) is 0 Å². The second kappa shape index (κ2) is 5.52. The van der Waals surface area contributed by atoms with Crippen LogP contribution in [0.15, 0.2) is 0 Å². The average Bonchev–Trinajstić information content (AvgIpc) is 2.15. The molecule has 0 aromatic carbocycles. The molecular formula is C13H23NO3. The van der Waals surface area contributed by atoms with Gasteiger partial charge in [-0.3, -0.25) is 4.79 Å². The summed E-state index contributed by atoms with van der Waals surface area (Å²) in [5.74, 6) is 0.253. The van der Waals surface area contributed by atoms with Crippen LogP contribution in [0.25, 0.3) is 0 Å². The molecule has 1 heterocycles. The summed E-state index contributed by atoms with van der Waals surface area (Å²) in [5, 5.41) is 0. The molecule has 0 aromatic heterocycles. The van der Waals surface area contributed by atoms with Gasteiger partial charge in [0, 0.05) is 25.4 Å². The third kappa shape index (κ3) is 4.36. The molecule has 0 radical (unpaired) electrons. The van der Waals surface area contributed by atoms with Crippen LogP contribution in [0, 0.1) is 0 Å². The molecule has 4 nitrogen and oxygen atoms in total. The molecule has 4 heteroatoms. The zero-order valence-corrected chi connectivity index (χ0v) is 11.3. The Hall–Kier alpha value is -1.06. The minimum Gasteiger partial charge on any atom is -0.444 e. The van der Waals surface area contributed by atoms with Crippen LogP contribution >= 0.6 is 0 Å². The van der Waals surface area contributed by atoms with Gasteiger partial charge in [-0.05, 0) is 27.2 Å². The first kappa shape index (κ1) is 14.0. The smallest absolute Gasteiger partial charge is 0.410 e. The fourth-order valence-corrected chi connectivity index (χ4v) is 2.05. The Kier molecular flexibility index (Phi) is 4.54. The molecular weight excluding hydrogens is 218 g/mol. The van der Waals surface area contributed by atoms with Crippen LogP contribution in [0.2, 0.25) is 0 Å². The van der Waals surface area contributed by atoms with E-state index in [0.29, 0.717) is 19.4 Å². The fourth-order valence-electron chi connectivity index (χ4n) is 2.05. The number of ketones is 1. The zero-order valence-electron chi connectivity index (χ0n) is 11.3.